The van der Waals surface area contributed by atoms with Crippen molar-refractivity contribution in [3.8, 4) is 5.75 Å². The van der Waals surface area contributed by atoms with Crippen molar-refractivity contribution < 1.29 is 14.3 Å². The van der Waals surface area contributed by atoms with Gasteiger partial charge in [-0.05, 0) is 36.8 Å². The fourth-order valence-corrected chi connectivity index (χ4v) is 3.08. The molecule has 1 N–H and O–H groups in total. The Bertz CT molecular complexity index is 741. The van der Waals surface area contributed by atoms with Gasteiger partial charge in [0, 0.05) is 32.4 Å². The van der Waals surface area contributed by atoms with Crippen LogP contribution in [0.5, 0.6) is 5.75 Å². The lowest BCUT2D eigenvalue weighted by Gasteiger charge is -2.29. The van der Waals surface area contributed by atoms with E-state index in [0.717, 1.165) is 37.6 Å². The Morgan fingerprint density at radius 3 is 2.46 bits per heavy atom. The molecule has 2 aromatic rings. The Morgan fingerprint density at radius 1 is 1.11 bits per heavy atom. The topological polar surface area (TPSA) is 54.0 Å². The SMILES string of the molecule is Cc1ccc(OCCNC(=O)N(C)Cc2ccc(N3CCOCC3)cc2)cc1. The van der Waals surface area contributed by atoms with Gasteiger partial charge < -0.3 is 24.6 Å². The molecule has 0 aliphatic carbocycles. The van der Waals surface area contributed by atoms with E-state index in [2.05, 4.69) is 34.5 Å². The molecule has 28 heavy (non-hydrogen) atoms. The summed E-state index contributed by atoms with van der Waals surface area (Å²) < 4.78 is 11.0. The van der Waals surface area contributed by atoms with Crippen molar-refractivity contribution in [2.24, 2.45) is 0 Å². The van der Waals surface area contributed by atoms with Crippen LogP contribution in [0.4, 0.5) is 10.5 Å². The number of hydrogen-bond acceptors (Lipinski definition) is 4. The third kappa shape index (κ3) is 5.89. The van der Waals surface area contributed by atoms with E-state index in [1.807, 2.05) is 31.2 Å². The van der Waals surface area contributed by atoms with E-state index < -0.39 is 0 Å². The van der Waals surface area contributed by atoms with Gasteiger partial charge in [0.15, 0.2) is 0 Å². The number of ether oxygens (including phenoxy) is 2. The van der Waals surface area contributed by atoms with Crippen LogP contribution in [-0.4, -0.2) is 57.4 Å². The molecule has 1 fully saturated rings. The highest BCUT2D eigenvalue weighted by Gasteiger charge is 2.12. The number of carbonyl (C=O) groups excluding carboxylic acids is 1. The predicted molar refractivity (Wildman–Crippen MR) is 111 cm³/mol. The largest absolute Gasteiger partial charge is 0.492 e. The minimum atomic E-state index is -0.107. The Balaban J connectivity index is 1.39. The molecule has 0 spiro atoms. The molecular weight excluding hydrogens is 354 g/mol. The molecule has 0 atom stereocenters. The lowest BCUT2D eigenvalue weighted by atomic mass is 10.2. The van der Waals surface area contributed by atoms with Gasteiger partial charge in [-0.3, -0.25) is 0 Å². The molecule has 0 aromatic heterocycles. The second-order valence-electron chi connectivity index (χ2n) is 7.02. The van der Waals surface area contributed by atoms with Gasteiger partial charge in [-0.15, -0.1) is 0 Å². The van der Waals surface area contributed by atoms with Crippen LogP contribution in [0.3, 0.4) is 0 Å². The van der Waals surface area contributed by atoms with E-state index in [1.54, 1.807) is 11.9 Å². The zero-order chi connectivity index (χ0) is 19.8. The second-order valence-corrected chi connectivity index (χ2v) is 7.02. The normalized spacial score (nSPS) is 13.9. The molecule has 0 saturated carbocycles. The molecule has 6 nitrogen and oxygen atoms in total. The van der Waals surface area contributed by atoms with Gasteiger partial charge in [0.25, 0.3) is 0 Å². The lowest BCUT2D eigenvalue weighted by Crippen LogP contribution is -2.38. The monoisotopic (exact) mass is 383 g/mol. The van der Waals surface area contributed by atoms with E-state index in [1.165, 1.54) is 11.3 Å². The van der Waals surface area contributed by atoms with Gasteiger partial charge in [0.1, 0.15) is 12.4 Å². The van der Waals surface area contributed by atoms with Crippen molar-refractivity contribution in [3.63, 3.8) is 0 Å². The summed E-state index contributed by atoms with van der Waals surface area (Å²) in [5.74, 6) is 0.813. The number of nitrogens with zero attached hydrogens (tertiary/aromatic N) is 2. The fraction of sp³-hybridized carbons (Fsp3) is 0.409. The van der Waals surface area contributed by atoms with Crippen LogP contribution in [0.2, 0.25) is 0 Å². The summed E-state index contributed by atoms with van der Waals surface area (Å²) in [7, 11) is 1.80. The molecule has 0 bridgehead atoms. The van der Waals surface area contributed by atoms with Crippen LogP contribution >= 0.6 is 0 Å². The van der Waals surface area contributed by atoms with Gasteiger partial charge in [-0.2, -0.15) is 0 Å². The second kappa shape index (κ2) is 9.99. The fourth-order valence-electron chi connectivity index (χ4n) is 3.08. The Hall–Kier alpha value is -2.73. The number of rotatable bonds is 7. The third-order valence-electron chi connectivity index (χ3n) is 4.75. The zero-order valence-corrected chi connectivity index (χ0v) is 16.7. The summed E-state index contributed by atoms with van der Waals surface area (Å²) in [6, 6.07) is 16.2. The first-order chi connectivity index (χ1) is 13.6. The maximum Gasteiger partial charge on any atom is 0.317 e. The zero-order valence-electron chi connectivity index (χ0n) is 16.7. The number of anilines is 1. The van der Waals surface area contributed by atoms with Gasteiger partial charge in [-0.1, -0.05) is 29.8 Å². The molecule has 150 valence electrons. The Morgan fingerprint density at radius 2 is 1.79 bits per heavy atom. The van der Waals surface area contributed by atoms with E-state index in [-0.39, 0.29) is 6.03 Å². The van der Waals surface area contributed by atoms with Crippen LogP contribution < -0.4 is 15.0 Å². The minimum Gasteiger partial charge on any atom is -0.492 e. The first kappa shape index (κ1) is 20.0. The van der Waals surface area contributed by atoms with Crippen molar-refractivity contribution in [2.45, 2.75) is 13.5 Å². The lowest BCUT2D eigenvalue weighted by molar-refractivity contribution is 0.122. The molecule has 3 rings (SSSR count). The van der Waals surface area contributed by atoms with Gasteiger partial charge in [0.05, 0.1) is 19.8 Å². The number of urea groups is 1. The number of carbonyl (C=O) groups is 1. The number of hydrogen-bond donors (Lipinski definition) is 1. The first-order valence-electron chi connectivity index (χ1n) is 9.72. The van der Waals surface area contributed by atoms with Crippen molar-refractivity contribution in [1.82, 2.24) is 10.2 Å². The summed E-state index contributed by atoms with van der Waals surface area (Å²) >= 11 is 0. The highest BCUT2D eigenvalue weighted by atomic mass is 16.5. The van der Waals surface area contributed by atoms with Crippen LogP contribution in [0.25, 0.3) is 0 Å². The molecule has 1 aliphatic rings. The van der Waals surface area contributed by atoms with E-state index >= 15 is 0 Å². The number of nitrogens with one attached hydrogen (secondary N) is 1. The van der Waals surface area contributed by atoms with E-state index in [9.17, 15) is 4.79 Å². The molecule has 1 saturated heterocycles. The molecule has 1 heterocycles. The number of morpholine rings is 1. The molecule has 2 amide bonds. The van der Waals surface area contributed by atoms with Crippen molar-refractivity contribution in [1.29, 1.82) is 0 Å². The first-order valence-corrected chi connectivity index (χ1v) is 9.72. The molecule has 0 radical (unpaired) electrons. The molecule has 6 heteroatoms. The smallest absolute Gasteiger partial charge is 0.317 e. The van der Waals surface area contributed by atoms with Crippen LogP contribution in [0.15, 0.2) is 48.5 Å². The van der Waals surface area contributed by atoms with Crippen LogP contribution in [-0.2, 0) is 11.3 Å². The van der Waals surface area contributed by atoms with Crippen molar-refractivity contribution in [2.75, 3.05) is 51.4 Å². The number of aryl methyl sites for hydroxylation is 1. The Labute approximate surface area is 167 Å². The van der Waals surface area contributed by atoms with Crippen molar-refractivity contribution >= 4 is 11.7 Å². The van der Waals surface area contributed by atoms with Crippen LogP contribution in [0, 0.1) is 6.92 Å². The summed E-state index contributed by atoms with van der Waals surface area (Å²) in [4.78, 5) is 16.2. The van der Waals surface area contributed by atoms with Crippen molar-refractivity contribution in [3.05, 3.63) is 59.7 Å². The Kier molecular flexibility index (Phi) is 7.14. The van der Waals surface area contributed by atoms with E-state index in [4.69, 9.17) is 9.47 Å². The van der Waals surface area contributed by atoms with Crippen LogP contribution in [0.1, 0.15) is 11.1 Å². The summed E-state index contributed by atoms with van der Waals surface area (Å²) in [6.45, 7) is 6.91. The number of amides is 2. The third-order valence-corrected chi connectivity index (χ3v) is 4.75. The standard InChI is InChI=1S/C22H29N3O3/c1-18-3-9-21(10-4-18)28-14-11-23-22(26)24(2)17-19-5-7-20(8-6-19)25-12-15-27-16-13-25/h3-10H,11-17H2,1-2H3,(H,23,26). The summed E-state index contributed by atoms with van der Waals surface area (Å²) in [6.07, 6.45) is 0. The maximum atomic E-state index is 12.3. The summed E-state index contributed by atoms with van der Waals surface area (Å²) in [5.41, 5.74) is 3.50. The highest BCUT2D eigenvalue weighted by molar-refractivity contribution is 5.73. The van der Waals surface area contributed by atoms with Gasteiger partial charge in [0.2, 0.25) is 0 Å². The average Bonchev–Trinajstić information content (AvgIpc) is 2.73. The quantitative estimate of drug-likeness (QED) is 0.747. The molecule has 2 aromatic carbocycles. The average molecular weight is 383 g/mol. The number of benzene rings is 2. The molecular formula is C22H29N3O3. The summed E-state index contributed by atoms with van der Waals surface area (Å²) in [5, 5.41) is 2.89. The predicted octanol–water partition coefficient (Wildman–Crippen LogP) is 3.05. The minimum absolute atomic E-state index is 0.107. The molecule has 1 aliphatic heterocycles. The van der Waals surface area contributed by atoms with Gasteiger partial charge in [-0.25, -0.2) is 4.79 Å². The molecule has 0 unspecified atom stereocenters. The van der Waals surface area contributed by atoms with E-state index in [0.29, 0.717) is 19.7 Å². The highest BCUT2D eigenvalue weighted by Crippen LogP contribution is 2.17. The maximum absolute atomic E-state index is 12.3. The van der Waals surface area contributed by atoms with Gasteiger partial charge >= 0.3 is 6.03 Å².